The normalized spacial score (nSPS) is 12.6. The molecule has 1 heterocycles. The molecule has 2 aromatic carbocycles. The lowest BCUT2D eigenvalue weighted by Crippen LogP contribution is -2.23. The highest BCUT2D eigenvalue weighted by Crippen LogP contribution is 2.27. The number of carbonyl (C=O) groups excluding carboxylic acids is 1. The summed E-state index contributed by atoms with van der Waals surface area (Å²) < 4.78 is 42.7. The van der Waals surface area contributed by atoms with E-state index in [4.69, 9.17) is 0 Å². The number of ether oxygens (including phenoxy) is 1. The number of alkyl halides is 3. The van der Waals surface area contributed by atoms with Crippen molar-refractivity contribution in [1.82, 2.24) is 19.7 Å². The van der Waals surface area contributed by atoms with Crippen molar-refractivity contribution in [3.8, 4) is 5.75 Å². The molecule has 3 aromatic rings. The molecule has 1 N–H and O–H groups in total. The second kappa shape index (κ2) is 11.4. The smallest absolute Gasteiger partial charge is 0.406 e. The number of thioether (sulfide) groups is 1. The molecule has 1 aromatic heterocycles. The van der Waals surface area contributed by atoms with E-state index >= 15 is 0 Å². The molecule has 7 nitrogen and oxygen atoms in total. The molecule has 0 fully saturated rings. The van der Waals surface area contributed by atoms with E-state index in [-0.39, 0.29) is 23.5 Å². The van der Waals surface area contributed by atoms with Crippen LogP contribution in [0.2, 0.25) is 0 Å². The van der Waals surface area contributed by atoms with Crippen LogP contribution in [0.1, 0.15) is 30.8 Å². The molecule has 1 amide bonds. The van der Waals surface area contributed by atoms with Gasteiger partial charge in [0, 0.05) is 5.69 Å². The number of nitrogens with one attached hydrogen (secondary N) is 1. The predicted molar refractivity (Wildman–Crippen MR) is 125 cm³/mol. The van der Waals surface area contributed by atoms with Crippen molar-refractivity contribution < 1.29 is 22.7 Å². The first-order valence-corrected chi connectivity index (χ1v) is 11.6. The first-order valence-electron chi connectivity index (χ1n) is 10.6. The highest BCUT2D eigenvalue weighted by molar-refractivity contribution is 7.99. The summed E-state index contributed by atoms with van der Waals surface area (Å²) in [6, 6.07) is 15.0. The van der Waals surface area contributed by atoms with Gasteiger partial charge in [-0.2, -0.15) is 0 Å². The summed E-state index contributed by atoms with van der Waals surface area (Å²) in [5.74, 6) is 0.212. The van der Waals surface area contributed by atoms with Gasteiger partial charge in [-0.25, -0.2) is 0 Å². The summed E-state index contributed by atoms with van der Waals surface area (Å²) in [4.78, 5) is 14.5. The minimum atomic E-state index is -4.76. The fourth-order valence-corrected chi connectivity index (χ4v) is 4.16. The van der Waals surface area contributed by atoms with Gasteiger partial charge < -0.3 is 14.6 Å². The van der Waals surface area contributed by atoms with Crippen LogP contribution in [0.3, 0.4) is 0 Å². The maximum atomic E-state index is 12.5. The predicted octanol–water partition coefficient (Wildman–Crippen LogP) is 4.97. The molecule has 0 spiro atoms. The van der Waals surface area contributed by atoms with Gasteiger partial charge in [-0.1, -0.05) is 49.0 Å². The van der Waals surface area contributed by atoms with Crippen LogP contribution in [0.4, 0.5) is 18.9 Å². The summed E-state index contributed by atoms with van der Waals surface area (Å²) in [5, 5.41) is 12.0. The Morgan fingerprint density at radius 3 is 2.38 bits per heavy atom. The summed E-state index contributed by atoms with van der Waals surface area (Å²) in [5.41, 5.74) is 1.45. The number of benzene rings is 2. The van der Waals surface area contributed by atoms with Crippen molar-refractivity contribution in [3.05, 3.63) is 66.0 Å². The van der Waals surface area contributed by atoms with Gasteiger partial charge in [-0.3, -0.25) is 9.69 Å². The zero-order chi connectivity index (χ0) is 24.7. The lowest BCUT2D eigenvalue weighted by molar-refractivity contribution is -0.274. The Balaban J connectivity index is 1.69. The van der Waals surface area contributed by atoms with Crippen molar-refractivity contribution in [2.75, 3.05) is 25.2 Å². The van der Waals surface area contributed by atoms with Crippen molar-refractivity contribution in [1.29, 1.82) is 0 Å². The average Bonchev–Trinajstić information content (AvgIpc) is 3.16. The van der Waals surface area contributed by atoms with Crippen LogP contribution in [-0.4, -0.2) is 51.8 Å². The number of aromatic nitrogens is 3. The topological polar surface area (TPSA) is 72.3 Å². The number of amides is 1. The van der Waals surface area contributed by atoms with Crippen LogP contribution in [0, 0.1) is 0 Å². The second-order valence-electron chi connectivity index (χ2n) is 7.71. The summed E-state index contributed by atoms with van der Waals surface area (Å²) >= 11 is 1.25. The lowest BCUT2D eigenvalue weighted by Gasteiger charge is -2.23. The van der Waals surface area contributed by atoms with E-state index in [0.29, 0.717) is 17.4 Å². The molecule has 11 heteroatoms. The molecule has 0 bridgehead atoms. The molecule has 0 unspecified atom stereocenters. The Labute approximate surface area is 200 Å². The average molecular weight is 494 g/mol. The van der Waals surface area contributed by atoms with Gasteiger partial charge in [-0.05, 0) is 50.3 Å². The number of anilines is 1. The maximum absolute atomic E-state index is 12.5. The van der Waals surface area contributed by atoms with Gasteiger partial charge in [0.2, 0.25) is 5.91 Å². The Hall–Kier alpha value is -3.05. The zero-order valence-corrected chi connectivity index (χ0v) is 19.9. The van der Waals surface area contributed by atoms with E-state index in [2.05, 4.69) is 32.1 Å². The molecular formula is C23H26F3N5O2S. The van der Waals surface area contributed by atoms with E-state index < -0.39 is 6.36 Å². The van der Waals surface area contributed by atoms with Crippen molar-refractivity contribution in [3.63, 3.8) is 0 Å². The molecule has 0 saturated carbocycles. The van der Waals surface area contributed by atoms with E-state index in [1.807, 2.05) is 49.0 Å². The van der Waals surface area contributed by atoms with E-state index in [9.17, 15) is 18.0 Å². The lowest BCUT2D eigenvalue weighted by atomic mass is 10.2. The van der Waals surface area contributed by atoms with E-state index in [1.54, 1.807) is 0 Å². The Morgan fingerprint density at radius 1 is 1.12 bits per heavy atom. The fourth-order valence-electron chi connectivity index (χ4n) is 3.41. The molecular weight excluding hydrogens is 467 g/mol. The van der Waals surface area contributed by atoms with E-state index in [1.165, 1.54) is 23.9 Å². The van der Waals surface area contributed by atoms with E-state index in [0.717, 1.165) is 29.9 Å². The highest BCUT2D eigenvalue weighted by Gasteiger charge is 2.31. The third-order valence-electron chi connectivity index (χ3n) is 4.94. The van der Waals surface area contributed by atoms with Gasteiger partial charge in [0.1, 0.15) is 5.75 Å². The van der Waals surface area contributed by atoms with Crippen LogP contribution >= 0.6 is 11.8 Å². The Bertz CT molecular complexity index is 1070. The largest absolute Gasteiger partial charge is 0.573 e. The Morgan fingerprint density at radius 2 is 1.79 bits per heavy atom. The monoisotopic (exact) mass is 493 g/mol. The van der Waals surface area contributed by atoms with Crippen LogP contribution in [0.15, 0.2) is 59.8 Å². The molecule has 1 atom stereocenters. The number of hydrogen-bond donors (Lipinski definition) is 1. The molecule has 0 aliphatic heterocycles. The molecule has 34 heavy (non-hydrogen) atoms. The van der Waals surface area contributed by atoms with Crippen LogP contribution < -0.4 is 10.1 Å². The van der Waals surface area contributed by atoms with Crippen molar-refractivity contribution >= 4 is 23.4 Å². The highest BCUT2D eigenvalue weighted by atomic mass is 32.2. The van der Waals surface area contributed by atoms with Gasteiger partial charge in [0.05, 0.1) is 18.3 Å². The molecule has 182 valence electrons. The van der Waals surface area contributed by atoms with Crippen molar-refractivity contribution in [2.24, 2.45) is 0 Å². The van der Waals surface area contributed by atoms with Gasteiger partial charge in [-0.15, -0.1) is 23.4 Å². The van der Waals surface area contributed by atoms with Gasteiger partial charge >= 0.3 is 6.36 Å². The first-order chi connectivity index (χ1) is 16.2. The zero-order valence-electron chi connectivity index (χ0n) is 19.0. The number of halogens is 3. The number of hydrogen-bond acceptors (Lipinski definition) is 6. The second-order valence-corrected chi connectivity index (χ2v) is 8.65. The first kappa shape index (κ1) is 25.6. The fraction of sp³-hybridized carbons (Fsp3) is 0.348. The molecule has 0 radical (unpaired) electrons. The van der Waals surface area contributed by atoms with Crippen LogP contribution in [0.25, 0.3) is 0 Å². The quantitative estimate of drug-likeness (QED) is 0.402. The molecule has 3 rings (SSSR count). The third kappa shape index (κ3) is 7.22. The van der Waals surface area contributed by atoms with Crippen LogP contribution in [-0.2, 0) is 11.3 Å². The Kier molecular flexibility index (Phi) is 8.56. The summed E-state index contributed by atoms with van der Waals surface area (Å²) in [6.07, 6.45) is -3.92. The number of nitrogens with zero attached hydrogens (tertiary/aromatic N) is 4. The molecule has 0 saturated heterocycles. The third-order valence-corrected chi connectivity index (χ3v) is 5.91. The molecule has 0 aliphatic carbocycles. The number of carbonyl (C=O) groups is 1. The van der Waals surface area contributed by atoms with Crippen molar-refractivity contribution in [2.45, 2.75) is 37.4 Å². The summed E-state index contributed by atoms with van der Waals surface area (Å²) in [7, 11) is 3.97. The SMILES string of the molecule is CC[C@@H](c1nnc(SCC(=O)Nc2ccc(OC(F)(F)F)cc2)n1Cc1ccccc1)N(C)C. The van der Waals surface area contributed by atoms with Crippen LogP contribution in [0.5, 0.6) is 5.75 Å². The minimum Gasteiger partial charge on any atom is -0.406 e. The standard InChI is InChI=1S/C23H26F3N5O2S/c1-4-19(30(2)3)21-28-29-22(31(21)14-16-8-6-5-7-9-16)34-15-20(32)27-17-10-12-18(13-11-17)33-23(24,25)26/h5-13,19H,4,14-15H2,1-3H3,(H,27,32)/t19-/m0/s1. The van der Waals surface area contributed by atoms with Gasteiger partial charge in [0.25, 0.3) is 0 Å². The molecule has 0 aliphatic rings. The number of rotatable bonds is 10. The minimum absolute atomic E-state index is 0.0620. The maximum Gasteiger partial charge on any atom is 0.573 e. The summed E-state index contributed by atoms with van der Waals surface area (Å²) in [6.45, 7) is 2.65. The van der Waals surface area contributed by atoms with Gasteiger partial charge in [0.15, 0.2) is 11.0 Å².